The Labute approximate surface area is 111 Å². The molecule has 5 unspecified atom stereocenters. The molecule has 1 N–H and O–H groups in total. The van der Waals surface area contributed by atoms with Gasteiger partial charge in [-0.1, -0.05) is 6.42 Å². The molecule has 2 bridgehead atoms. The number of rotatable bonds is 2. The van der Waals surface area contributed by atoms with Gasteiger partial charge in [-0.3, -0.25) is 0 Å². The molecule has 2 aliphatic carbocycles. The highest BCUT2D eigenvalue weighted by molar-refractivity contribution is 5.02. The Hall–Kier alpha value is -0.0800. The van der Waals surface area contributed by atoms with Crippen LogP contribution in [-0.2, 0) is 4.74 Å². The van der Waals surface area contributed by atoms with Crippen LogP contribution in [-0.4, -0.2) is 22.4 Å². The Morgan fingerprint density at radius 2 is 1.83 bits per heavy atom. The van der Waals surface area contributed by atoms with Gasteiger partial charge in [0.1, 0.15) is 0 Å². The van der Waals surface area contributed by atoms with Crippen molar-refractivity contribution in [1.82, 2.24) is 0 Å². The van der Waals surface area contributed by atoms with Crippen LogP contribution in [0.25, 0.3) is 0 Å². The van der Waals surface area contributed by atoms with Gasteiger partial charge < -0.3 is 9.84 Å². The lowest BCUT2D eigenvalue weighted by atomic mass is 9.73. The normalized spacial score (nSPS) is 46.5. The van der Waals surface area contributed by atoms with Crippen LogP contribution in [0.2, 0.25) is 0 Å². The molecular formula is C16H28O2. The van der Waals surface area contributed by atoms with Gasteiger partial charge in [-0.05, 0) is 71.1 Å². The first-order valence-electron chi connectivity index (χ1n) is 7.67. The molecule has 3 aliphatic rings. The molecule has 104 valence electrons. The third-order valence-corrected chi connectivity index (χ3v) is 5.79. The molecule has 0 amide bonds. The van der Waals surface area contributed by atoms with Gasteiger partial charge in [0.05, 0.1) is 17.3 Å². The van der Waals surface area contributed by atoms with E-state index in [2.05, 4.69) is 27.7 Å². The lowest BCUT2D eigenvalue weighted by molar-refractivity contribution is -0.0966. The third-order valence-electron chi connectivity index (χ3n) is 5.79. The van der Waals surface area contributed by atoms with Crippen molar-refractivity contribution in [2.75, 3.05) is 0 Å². The number of aliphatic hydroxyl groups is 1. The molecule has 5 atom stereocenters. The third kappa shape index (κ3) is 2.02. The van der Waals surface area contributed by atoms with Gasteiger partial charge >= 0.3 is 0 Å². The number of hydrogen-bond acceptors (Lipinski definition) is 2. The number of ether oxygens (including phenoxy) is 1. The number of fused-ring (bicyclic) bond motifs is 2. The van der Waals surface area contributed by atoms with Gasteiger partial charge in [-0.2, -0.15) is 0 Å². The highest BCUT2D eigenvalue weighted by Crippen LogP contribution is 2.54. The van der Waals surface area contributed by atoms with Crippen molar-refractivity contribution in [3.63, 3.8) is 0 Å². The summed E-state index contributed by atoms with van der Waals surface area (Å²) in [5.74, 6) is 2.56. The lowest BCUT2D eigenvalue weighted by Crippen LogP contribution is -2.41. The van der Waals surface area contributed by atoms with E-state index < -0.39 is 0 Å². The minimum absolute atomic E-state index is 0.0766. The summed E-state index contributed by atoms with van der Waals surface area (Å²) < 4.78 is 6.15. The van der Waals surface area contributed by atoms with Crippen molar-refractivity contribution in [2.45, 2.75) is 77.1 Å². The molecule has 1 saturated heterocycles. The Morgan fingerprint density at radius 1 is 1.11 bits per heavy atom. The number of hydrogen-bond donors (Lipinski definition) is 1. The molecule has 2 heteroatoms. The predicted molar refractivity (Wildman–Crippen MR) is 72.3 cm³/mol. The van der Waals surface area contributed by atoms with Gasteiger partial charge in [-0.15, -0.1) is 0 Å². The van der Waals surface area contributed by atoms with Crippen LogP contribution in [0.15, 0.2) is 0 Å². The molecular weight excluding hydrogens is 224 g/mol. The van der Waals surface area contributed by atoms with Crippen molar-refractivity contribution >= 4 is 0 Å². The summed E-state index contributed by atoms with van der Waals surface area (Å²) in [4.78, 5) is 0. The first-order valence-corrected chi connectivity index (χ1v) is 7.67. The smallest absolute Gasteiger partial charge is 0.0687 e. The fourth-order valence-electron chi connectivity index (χ4n) is 5.15. The van der Waals surface area contributed by atoms with E-state index in [0.717, 1.165) is 18.3 Å². The predicted octanol–water partition coefficient (Wildman–Crippen LogP) is 3.38. The lowest BCUT2D eigenvalue weighted by Gasteiger charge is -2.36. The van der Waals surface area contributed by atoms with Crippen molar-refractivity contribution in [1.29, 1.82) is 0 Å². The van der Waals surface area contributed by atoms with Gasteiger partial charge in [-0.25, -0.2) is 0 Å². The molecule has 0 aromatic carbocycles. The Morgan fingerprint density at radius 3 is 2.28 bits per heavy atom. The minimum atomic E-state index is -0.176. The minimum Gasteiger partial charge on any atom is -0.392 e. The molecule has 1 aliphatic heterocycles. The average Bonchev–Trinajstić information content (AvgIpc) is 2.88. The van der Waals surface area contributed by atoms with Gasteiger partial charge in [0.2, 0.25) is 0 Å². The van der Waals surface area contributed by atoms with E-state index in [1.807, 2.05) is 0 Å². The van der Waals surface area contributed by atoms with Crippen molar-refractivity contribution in [2.24, 2.45) is 23.7 Å². The fourth-order valence-corrected chi connectivity index (χ4v) is 5.15. The van der Waals surface area contributed by atoms with E-state index in [9.17, 15) is 5.11 Å². The van der Waals surface area contributed by atoms with E-state index in [0.29, 0.717) is 11.8 Å². The highest BCUT2D eigenvalue weighted by Gasteiger charge is 2.53. The second-order valence-electron chi connectivity index (χ2n) is 8.11. The van der Waals surface area contributed by atoms with Crippen molar-refractivity contribution in [3.8, 4) is 0 Å². The second kappa shape index (κ2) is 3.96. The summed E-state index contributed by atoms with van der Waals surface area (Å²) in [6, 6.07) is 0. The summed E-state index contributed by atoms with van der Waals surface area (Å²) in [7, 11) is 0. The zero-order valence-electron chi connectivity index (χ0n) is 12.3. The molecule has 2 nitrogen and oxygen atoms in total. The van der Waals surface area contributed by atoms with E-state index in [1.165, 1.54) is 25.7 Å². The van der Waals surface area contributed by atoms with E-state index in [4.69, 9.17) is 4.74 Å². The second-order valence-corrected chi connectivity index (χ2v) is 8.11. The summed E-state index contributed by atoms with van der Waals surface area (Å²) >= 11 is 0. The summed E-state index contributed by atoms with van der Waals surface area (Å²) in [6.45, 7) is 8.62. The Bertz CT molecular complexity index is 334. The zero-order chi connectivity index (χ0) is 13.1. The maximum atomic E-state index is 10.9. The van der Waals surface area contributed by atoms with Crippen LogP contribution >= 0.6 is 0 Å². The SMILES string of the molecule is CC1(C)CC(C(O)C2CC3CCC2C3)C(C)(C)O1. The Kier molecular flexibility index (Phi) is 2.84. The van der Waals surface area contributed by atoms with Crippen LogP contribution in [0, 0.1) is 23.7 Å². The average molecular weight is 252 g/mol. The zero-order valence-corrected chi connectivity index (χ0v) is 12.3. The van der Waals surface area contributed by atoms with E-state index in [1.54, 1.807) is 0 Å². The molecule has 2 saturated carbocycles. The first kappa shape index (κ1) is 12.9. The number of aliphatic hydroxyl groups excluding tert-OH is 1. The fraction of sp³-hybridized carbons (Fsp3) is 1.00. The van der Waals surface area contributed by atoms with Crippen LogP contribution in [0.5, 0.6) is 0 Å². The van der Waals surface area contributed by atoms with Crippen molar-refractivity contribution < 1.29 is 9.84 Å². The van der Waals surface area contributed by atoms with Crippen LogP contribution < -0.4 is 0 Å². The largest absolute Gasteiger partial charge is 0.392 e. The van der Waals surface area contributed by atoms with Gasteiger partial charge in [0.25, 0.3) is 0 Å². The standard InChI is InChI=1S/C16H28O2/c1-15(2)9-13(16(3,4)18-15)14(17)12-8-10-5-6-11(12)7-10/h10-14,17H,5-9H2,1-4H3. The van der Waals surface area contributed by atoms with Gasteiger partial charge in [0.15, 0.2) is 0 Å². The summed E-state index contributed by atoms with van der Waals surface area (Å²) in [5, 5.41) is 10.9. The molecule has 0 radical (unpaired) electrons. The molecule has 0 aromatic heterocycles. The molecule has 0 spiro atoms. The topological polar surface area (TPSA) is 29.5 Å². The molecule has 3 fully saturated rings. The quantitative estimate of drug-likeness (QED) is 0.816. The van der Waals surface area contributed by atoms with Crippen molar-refractivity contribution in [3.05, 3.63) is 0 Å². The summed E-state index contributed by atoms with van der Waals surface area (Å²) in [5.41, 5.74) is -0.252. The molecule has 1 heterocycles. The maximum absolute atomic E-state index is 10.9. The highest BCUT2D eigenvalue weighted by atomic mass is 16.5. The van der Waals surface area contributed by atoms with E-state index in [-0.39, 0.29) is 17.3 Å². The first-order chi connectivity index (χ1) is 8.28. The molecule has 3 rings (SSSR count). The Balaban J connectivity index is 1.74. The molecule has 18 heavy (non-hydrogen) atoms. The summed E-state index contributed by atoms with van der Waals surface area (Å²) in [6.07, 6.45) is 6.23. The van der Waals surface area contributed by atoms with Gasteiger partial charge in [0, 0.05) is 5.92 Å². The monoisotopic (exact) mass is 252 g/mol. The molecule has 0 aromatic rings. The van der Waals surface area contributed by atoms with Crippen LogP contribution in [0.4, 0.5) is 0 Å². The van der Waals surface area contributed by atoms with Crippen LogP contribution in [0.1, 0.15) is 59.8 Å². The van der Waals surface area contributed by atoms with E-state index >= 15 is 0 Å². The maximum Gasteiger partial charge on any atom is 0.0687 e. The van der Waals surface area contributed by atoms with Crippen LogP contribution in [0.3, 0.4) is 0 Å².